The minimum Gasteiger partial charge on any atom is -0.370 e. The number of rotatable bonds is 3. The molecule has 2 aromatic carbocycles. The van der Waals surface area contributed by atoms with Gasteiger partial charge in [0.2, 0.25) is 5.91 Å². The number of primary amides is 1. The molecule has 2 N–H and O–H groups in total. The molecule has 0 bridgehead atoms. The van der Waals surface area contributed by atoms with Crippen LogP contribution in [0.4, 0.5) is 0 Å². The van der Waals surface area contributed by atoms with Gasteiger partial charge >= 0.3 is 0 Å². The van der Waals surface area contributed by atoms with E-state index >= 15 is 0 Å². The first-order valence-electron chi connectivity index (χ1n) is 7.09. The molecule has 108 valence electrons. The van der Waals surface area contributed by atoms with E-state index in [1.54, 1.807) is 4.68 Å². The maximum Gasteiger partial charge on any atom is 0.219 e. The van der Waals surface area contributed by atoms with Gasteiger partial charge in [0.25, 0.3) is 0 Å². The van der Waals surface area contributed by atoms with Crippen LogP contribution in [0, 0.1) is 0 Å². The van der Waals surface area contributed by atoms with E-state index in [1.165, 1.54) is 0 Å². The lowest BCUT2D eigenvalue weighted by Gasteiger charge is -2.13. The number of hydrogen-bond donors (Lipinski definition) is 1. The summed E-state index contributed by atoms with van der Waals surface area (Å²) in [7, 11) is 0. The molecule has 1 aliphatic carbocycles. The Morgan fingerprint density at radius 3 is 2.55 bits per heavy atom. The van der Waals surface area contributed by atoms with Crippen LogP contribution in [0.5, 0.6) is 0 Å². The van der Waals surface area contributed by atoms with Crippen LogP contribution in [0.15, 0.2) is 42.5 Å². The molecule has 0 saturated heterocycles. The van der Waals surface area contributed by atoms with Gasteiger partial charge in [-0.15, -0.1) is 0 Å². The van der Waals surface area contributed by atoms with Crippen LogP contribution in [-0.2, 0) is 11.3 Å². The first-order chi connectivity index (χ1) is 10.7. The maximum atomic E-state index is 12.7. The molecule has 1 amide bonds. The Hall–Kier alpha value is -2.95. The monoisotopic (exact) mass is 291 g/mol. The van der Waals surface area contributed by atoms with Gasteiger partial charge in [-0.05, 0) is 6.07 Å². The van der Waals surface area contributed by atoms with Crippen molar-refractivity contribution in [3.05, 3.63) is 53.6 Å². The topological polar surface area (TPSA) is 78.0 Å². The Morgan fingerprint density at radius 1 is 1.05 bits per heavy atom. The SMILES string of the molecule is NC(=O)CCn1nc2c3c(cccc31)C(=O)c1ccccc1-2. The third-order valence-electron chi connectivity index (χ3n) is 4.02. The van der Waals surface area contributed by atoms with Gasteiger partial charge in [0.1, 0.15) is 5.69 Å². The summed E-state index contributed by atoms with van der Waals surface area (Å²) in [4.78, 5) is 23.7. The van der Waals surface area contributed by atoms with Gasteiger partial charge in [0.05, 0.1) is 12.1 Å². The van der Waals surface area contributed by atoms with E-state index in [-0.39, 0.29) is 18.1 Å². The summed E-state index contributed by atoms with van der Waals surface area (Å²) in [6, 6.07) is 13.1. The molecule has 0 radical (unpaired) electrons. The zero-order chi connectivity index (χ0) is 15.3. The maximum absolute atomic E-state index is 12.7. The Bertz CT molecular complexity index is 940. The molecule has 5 nitrogen and oxygen atoms in total. The molecule has 0 saturated carbocycles. The van der Waals surface area contributed by atoms with E-state index in [1.807, 2.05) is 42.5 Å². The number of nitrogens with two attached hydrogens (primary N) is 1. The van der Waals surface area contributed by atoms with Gasteiger partial charge in [-0.1, -0.05) is 36.4 Å². The second-order valence-corrected chi connectivity index (χ2v) is 5.36. The summed E-state index contributed by atoms with van der Waals surface area (Å²) in [5, 5.41) is 5.48. The van der Waals surface area contributed by atoms with Gasteiger partial charge in [-0.25, -0.2) is 0 Å². The molecule has 5 heteroatoms. The van der Waals surface area contributed by atoms with E-state index < -0.39 is 0 Å². The summed E-state index contributed by atoms with van der Waals surface area (Å²) in [5.74, 6) is -0.351. The highest BCUT2D eigenvalue weighted by Crippen LogP contribution is 2.38. The largest absolute Gasteiger partial charge is 0.370 e. The Labute approximate surface area is 126 Å². The number of carbonyl (C=O) groups excluding carboxylic acids is 2. The van der Waals surface area contributed by atoms with Crippen molar-refractivity contribution in [3.63, 3.8) is 0 Å². The molecule has 1 aliphatic rings. The fraction of sp³-hybridized carbons (Fsp3) is 0.118. The molecule has 22 heavy (non-hydrogen) atoms. The minimum absolute atomic E-state index is 0.0168. The number of hydrogen-bond acceptors (Lipinski definition) is 3. The van der Waals surface area contributed by atoms with E-state index in [0.717, 1.165) is 22.2 Å². The molecule has 3 aromatic rings. The molecule has 1 heterocycles. The van der Waals surface area contributed by atoms with Crippen LogP contribution in [-0.4, -0.2) is 21.5 Å². The van der Waals surface area contributed by atoms with Crippen LogP contribution in [0.25, 0.3) is 22.2 Å². The smallest absolute Gasteiger partial charge is 0.219 e. The molecule has 0 atom stereocenters. The highest BCUT2D eigenvalue weighted by Gasteiger charge is 2.28. The number of ketones is 1. The zero-order valence-electron chi connectivity index (χ0n) is 11.7. The lowest BCUT2D eigenvalue weighted by molar-refractivity contribution is -0.118. The lowest BCUT2D eigenvalue weighted by atomic mass is 9.87. The standard InChI is InChI=1S/C17H13N3O2/c18-14(21)8-9-20-13-7-3-6-12-15(13)16(19-20)10-4-1-2-5-11(10)17(12)22/h1-7H,8-9H2,(H2,18,21). The predicted octanol–water partition coefficient (Wildman–Crippen LogP) is 2.12. The molecular formula is C17H13N3O2. The second kappa shape index (κ2) is 4.53. The summed E-state index contributed by atoms with van der Waals surface area (Å²) >= 11 is 0. The van der Waals surface area contributed by atoms with Crippen LogP contribution in [0.2, 0.25) is 0 Å². The highest BCUT2D eigenvalue weighted by atomic mass is 16.1. The fourth-order valence-corrected chi connectivity index (χ4v) is 3.03. The average molecular weight is 291 g/mol. The van der Waals surface area contributed by atoms with Crippen LogP contribution in [0.3, 0.4) is 0 Å². The normalized spacial score (nSPS) is 12.5. The second-order valence-electron chi connectivity index (χ2n) is 5.36. The van der Waals surface area contributed by atoms with Gasteiger partial charge in [-0.3, -0.25) is 14.3 Å². The van der Waals surface area contributed by atoms with E-state index in [4.69, 9.17) is 5.73 Å². The third-order valence-corrected chi connectivity index (χ3v) is 4.02. The van der Waals surface area contributed by atoms with E-state index in [2.05, 4.69) is 5.10 Å². The van der Waals surface area contributed by atoms with Gasteiger partial charge in [0, 0.05) is 28.5 Å². The third kappa shape index (κ3) is 1.69. The van der Waals surface area contributed by atoms with Crippen molar-refractivity contribution in [2.45, 2.75) is 13.0 Å². The van der Waals surface area contributed by atoms with Crippen LogP contribution >= 0.6 is 0 Å². The fourth-order valence-electron chi connectivity index (χ4n) is 3.03. The Kier molecular flexibility index (Phi) is 2.63. The summed E-state index contributed by atoms with van der Waals surface area (Å²) < 4.78 is 1.76. The van der Waals surface area contributed by atoms with Gasteiger partial charge in [0.15, 0.2) is 5.78 Å². The van der Waals surface area contributed by atoms with Crippen molar-refractivity contribution in [3.8, 4) is 11.3 Å². The van der Waals surface area contributed by atoms with Crippen molar-refractivity contribution < 1.29 is 9.59 Å². The van der Waals surface area contributed by atoms with Crippen molar-refractivity contribution in [2.24, 2.45) is 5.73 Å². The van der Waals surface area contributed by atoms with Crippen molar-refractivity contribution in [1.29, 1.82) is 0 Å². The molecular weight excluding hydrogens is 278 g/mol. The molecule has 0 aliphatic heterocycles. The van der Waals surface area contributed by atoms with Gasteiger partial charge in [-0.2, -0.15) is 5.10 Å². The van der Waals surface area contributed by atoms with Crippen LogP contribution in [0.1, 0.15) is 22.3 Å². The van der Waals surface area contributed by atoms with Crippen molar-refractivity contribution in [1.82, 2.24) is 9.78 Å². The van der Waals surface area contributed by atoms with Crippen molar-refractivity contribution >= 4 is 22.6 Å². The predicted molar refractivity (Wildman–Crippen MR) is 82.4 cm³/mol. The average Bonchev–Trinajstić information content (AvgIpc) is 2.90. The lowest BCUT2D eigenvalue weighted by Crippen LogP contribution is -2.14. The number of amides is 1. The first kappa shape index (κ1) is 12.8. The number of aryl methyl sites for hydroxylation is 1. The van der Waals surface area contributed by atoms with E-state index in [0.29, 0.717) is 17.7 Å². The Morgan fingerprint density at radius 2 is 1.77 bits per heavy atom. The molecule has 0 fully saturated rings. The van der Waals surface area contributed by atoms with Gasteiger partial charge < -0.3 is 5.73 Å². The van der Waals surface area contributed by atoms with E-state index in [9.17, 15) is 9.59 Å². The number of aromatic nitrogens is 2. The highest BCUT2D eigenvalue weighted by molar-refractivity contribution is 6.25. The summed E-state index contributed by atoms with van der Waals surface area (Å²) in [6.07, 6.45) is 0.218. The van der Waals surface area contributed by atoms with Crippen LogP contribution < -0.4 is 5.73 Å². The number of carbonyl (C=O) groups is 2. The molecule has 1 aromatic heterocycles. The minimum atomic E-state index is -0.368. The first-order valence-corrected chi connectivity index (χ1v) is 7.09. The molecule has 4 rings (SSSR count). The number of benzene rings is 2. The summed E-state index contributed by atoms with van der Waals surface area (Å²) in [6.45, 7) is 0.408. The van der Waals surface area contributed by atoms with Crippen molar-refractivity contribution in [2.75, 3.05) is 0 Å². The molecule has 0 spiro atoms. The summed E-state index contributed by atoms with van der Waals surface area (Å²) in [5.41, 5.74) is 9.06. The zero-order valence-corrected chi connectivity index (χ0v) is 11.7. The number of nitrogens with zero attached hydrogens (tertiary/aromatic N) is 2. The quantitative estimate of drug-likeness (QED) is 0.628. The number of fused-ring (bicyclic) bond motifs is 2. The molecule has 0 unspecified atom stereocenters. The Balaban J connectivity index is 2.01.